The molecule has 2 heteroatoms. The molecule has 0 fully saturated rings. The van der Waals surface area contributed by atoms with E-state index in [1.165, 1.54) is 91.8 Å². The normalized spacial score (nSPS) is 11.5. The molecular weight excluding hydrogens is 689 g/mol. The zero-order valence-electron chi connectivity index (χ0n) is 29.4. The Hall–Kier alpha value is -6.06. The van der Waals surface area contributed by atoms with Gasteiger partial charge in [-0.05, 0) is 112 Å². The van der Waals surface area contributed by atoms with E-state index in [0.717, 1.165) is 10.5 Å². The molecule has 0 aromatic heterocycles. The highest BCUT2D eigenvalue weighted by atomic mass is 32.2. The summed E-state index contributed by atoms with van der Waals surface area (Å²) in [4.78, 5) is 3.48. The fraction of sp³-hybridized carbons (Fsp3) is 0. The predicted octanol–water partition coefficient (Wildman–Crippen LogP) is 15.4. The average molecular weight is 723 g/mol. The van der Waals surface area contributed by atoms with Gasteiger partial charge in [0.05, 0.1) is 0 Å². The van der Waals surface area contributed by atoms with Crippen LogP contribution in [0.25, 0.3) is 87.6 Å². The number of thiol groups is 1. The molecule has 0 aliphatic heterocycles. The summed E-state index contributed by atoms with van der Waals surface area (Å²) in [6.45, 7) is 0. The Balaban J connectivity index is 1.08. The fourth-order valence-corrected chi connectivity index (χ4v) is 9.50. The van der Waals surface area contributed by atoms with Crippen molar-refractivity contribution in [3.8, 4) is 44.5 Å². The Morgan fingerprint density at radius 2 is 0.796 bits per heavy atom. The van der Waals surface area contributed by atoms with E-state index in [9.17, 15) is 0 Å². The highest BCUT2D eigenvalue weighted by Crippen LogP contribution is 2.45. The fourth-order valence-electron chi connectivity index (χ4n) is 8.19. The van der Waals surface area contributed by atoms with Gasteiger partial charge in [0.2, 0.25) is 0 Å². The van der Waals surface area contributed by atoms with E-state index in [2.05, 4.69) is 194 Å². The SMILES string of the molecule is Sc1ccccc1-c1cccc2c(-c3ccc(-c4c5ccccc5c(-c5cccc(Sc6cccc7ccccc67)c5)c5ccccc45)cc3)cccc12. The molecule has 54 heavy (non-hydrogen) atoms. The largest absolute Gasteiger partial charge is 0.143 e. The Labute approximate surface area is 325 Å². The molecule has 0 N–H and O–H groups in total. The highest BCUT2D eigenvalue weighted by molar-refractivity contribution is 7.99. The van der Waals surface area contributed by atoms with Gasteiger partial charge in [-0.3, -0.25) is 0 Å². The van der Waals surface area contributed by atoms with Gasteiger partial charge in [-0.15, -0.1) is 12.6 Å². The minimum atomic E-state index is 0.984. The lowest BCUT2D eigenvalue weighted by Crippen LogP contribution is -1.91. The van der Waals surface area contributed by atoms with E-state index in [1.807, 2.05) is 17.8 Å². The van der Waals surface area contributed by atoms with Crippen molar-refractivity contribution in [3.05, 3.63) is 200 Å². The van der Waals surface area contributed by atoms with Crippen molar-refractivity contribution in [2.75, 3.05) is 0 Å². The maximum absolute atomic E-state index is 4.79. The summed E-state index contributed by atoms with van der Waals surface area (Å²) in [5, 5.41) is 10.0. The molecule has 254 valence electrons. The van der Waals surface area contributed by atoms with E-state index >= 15 is 0 Å². The quantitative estimate of drug-likeness (QED) is 0.132. The van der Waals surface area contributed by atoms with Crippen molar-refractivity contribution in [1.29, 1.82) is 0 Å². The molecule has 0 aliphatic carbocycles. The van der Waals surface area contributed by atoms with Crippen LogP contribution in [0.1, 0.15) is 0 Å². The molecular formula is C52H34S2. The third kappa shape index (κ3) is 5.67. The number of benzene rings is 10. The van der Waals surface area contributed by atoms with Crippen LogP contribution in [0.3, 0.4) is 0 Å². The Kier molecular flexibility index (Phi) is 8.28. The van der Waals surface area contributed by atoms with Crippen LogP contribution in [-0.4, -0.2) is 0 Å². The zero-order chi connectivity index (χ0) is 36.0. The summed E-state index contributed by atoms with van der Waals surface area (Å²) in [7, 11) is 0. The molecule has 0 saturated carbocycles. The molecule has 0 aliphatic rings. The van der Waals surface area contributed by atoms with Gasteiger partial charge in [-0.2, -0.15) is 0 Å². The maximum Gasteiger partial charge on any atom is 0.0200 e. The molecule has 0 atom stereocenters. The highest BCUT2D eigenvalue weighted by Gasteiger charge is 2.18. The van der Waals surface area contributed by atoms with Crippen molar-refractivity contribution in [3.63, 3.8) is 0 Å². The maximum atomic E-state index is 4.79. The van der Waals surface area contributed by atoms with Crippen molar-refractivity contribution in [1.82, 2.24) is 0 Å². The average Bonchev–Trinajstić information content (AvgIpc) is 3.23. The second kappa shape index (κ2) is 13.7. The second-order valence-electron chi connectivity index (χ2n) is 13.7. The summed E-state index contributed by atoms with van der Waals surface area (Å²) in [5.41, 5.74) is 9.76. The van der Waals surface area contributed by atoms with Gasteiger partial charge in [0.1, 0.15) is 0 Å². The molecule has 0 unspecified atom stereocenters. The van der Waals surface area contributed by atoms with Crippen LogP contribution >= 0.6 is 24.4 Å². The lowest BCUT2D eigenvalue weighted by atomic mass is 9.85. The molecule has 10 rings (SSSR count). The number of rotatable bonds is 6. The first-order valence-electron chi connectivity index (χ1n) is 18.3. The lowest BCUT2D eigenvalue weighted by Gasteiger charge is -2.18. The smallest absolute Gasteiger partial charge is 0.0200 e. The Morgan fingerprint density at radius 1 is 0.315 bits per heavy atom. The first kappa shape index (κ1) is 32.6. The topological polar surface area (TPSA) is 0 Å². The Bertz CT molecular complexity index is 2970. The molecule has 0 spiro atoms. The van der Waals surface area contributed by atoms with E-state index in [-0.39, 0.29) is 0 Å². The van der Waals surface area contributed by atoms with Crippen LogP contribution in [0.4, 0.5) is 0 Å². The lowest BCUT2D eigenvalue weighted by molar-refractivity contribution is 1.44. The Morgan fingerprint density at radius 3 is 1.50 bits per heavy atom. The zero-order valence-corrected chi connectivity index (χ0v) is 31.1. The summed E-state index contributed by atoms with van der Waals surface area (Å²) in [5.74, 6) is 0. The minimum Gasteiger partial charge on any atom is -0.143 e. The number of hydrogen-bond acceptors (Lipinski definition) is 2. The molecule has 0 heterocycles. The summed E-state index contributed by atoms with van der Waals surface area (Å²) >= 11 is 6.62. The molecule has 0 saturated heterocycles. The van der Waals surface area contributed by atoms with E-state index < -0.39 is 0 Å². The first-order chi connectivity index (χ1) is 26.7. The molecule has 0 nitrogen and oxygen atoms in total. The van der Waals surface area contributed by atoms with Gasteiger partial charge < -0.3 is 0 Å². The standard InChI is InChI=1S/C52H34S2/c53-49-27-8-7-18-44(49)43-26-12-24-41-39(23-11-25-42(41)43)35-29-31-36(32-30-35)51-45-19-3-5-21-47(45)52(48-22-6-4-20-46(48)51)37-15-9-16-38(33-37)54-50-28-10-14-34-13-1-2-17-40(34)50/h1-33,53H. The molecule has 0 bridgehead atoms. The summed E-state index contributed by atoms with van der Waals surface area (Å²) < 4.78 is 0. The van der Waals surface area contributed by atoms with E-state index in [0.29, 0.717) is 0 Å². The van der Waals surface area contributed by atoms with Gasteiger partial charge >= 0.3 is 0 Å². The van der Waals surface area contributed by atoms with E-state index in [1.54, 1.807) is 0 Å². The van der Waals surface area contributed by atoms with Gasteiger partial charge in [0.15, 0.2) is 0 Å². The van der Waals surface area contributed by atoms with Gasteiger partial charge in [-0.1, -0.05) is 188 Å². The van der Waals surface area contributed by atoms with Crippen molar-refractivity contribution < 1.29 is 0 Å². The second-order valence-corrected chi connectivity index (χ2v) is 15.3. The number of hydrogen-bond donors (Lipinski definition) is 1. The van der Waals surface area contributed by atoms with Gasteiger partial charge in [-0.25, -0.2) is 0 Å². The van der Waals surface area contributed by atoms with Crippen molar-refractivity contribution in [2.24, 2.45) is 0 Å². The molecule has 10 aromatic rings. The van der Waals surface area contributed by atoms with Crippen LogP contribution in [-0.2, 0) is 0 Å². The van der Waals surface area contributed by atoms with Gasteiger partial charge in [0, 0.05) is 14.7 Å². The van der Waals surface area contributed by atoms with Crippen LogP contribution in [0.2, 0.25) is 0 Å². The molecule has 0 radical (unpaired) electrons. The first-order valence-corrected chi connectivity index (χ1v) is 19.6. The third-order valence-electron chi connectivity index (χ3n) is 10.6. The van der Waals surface area contributed by atoms with E-state index in [4.69, 9.17) is 12.6 Å². The summed E-state index contributed by atoms with van der Waals surface area (Å²) in [6.07, 6.45) is 0. The third-order valence-corrected chi connectivity index (χ3v) is 12.1. The van der Waals surface area contributed by atoms with Crippen molar-refractivity contribution in [2.45, 2.75) is 14.7 Å². The monoisotopic (exact) mass is 722 g/mol. The van der Waals surface area contributed by atoms with Crippen molar-refractivity contribution >= 4 is 67.5 Å². The van der Waals surface area contributed by atoms with Crippen LogP contribution in [0.5, 0.6) is 0 Å². The molecule has 10 aromatic carbocycles. The number of fused-ring (bicyclic) bond motifs is 4. The van der Waals surface area contributed by atoms with Crippen LogP contribution in [0, 0.1) is 0 Å². The van der Waals surface area contributed by atoms with Gasteiger partial charge in [0.25, 0.3) is 0 Å². The van der Waals surface area contributed by atoms with Crippen LogP contribution < -0.4 is 0 Å². The predicted molar refractivity (Wildman–Crippen MR) is 236 cm³/mol. The molecule has 0 amide bonds. The summed E-state index contributed by atoms with van der Waals surface area (Å²) in [6, 6.07) is 72.8. The van der Waals surface area contributed by atoms with Crippen LogP contribution in [0.15, 0.2) is 215 Å². The minimum absolute atomic E-state index is 0.984.